The third-order valence-corrected chi connectivity index (χ3v) is 4.06. The van der Waals surface area contributed by atoms with E-state index in [4.69, 9.17) is 4.42 Å². The molecule has 0 spiro atoms. The average Bonchev–Trinajstić information content (AvgIpc) is 3.15. The van der Waals surface area contributed by atoms with E-state index in [0.717, 1.165) is 16.9 Å². The van der Waals surface area contributed by atoms with Crippen molar-refractivity contribution in [2.75, 3.05) is 6.54 Å². The summed E-state index contributed by atoms with van der Waals surface area (Å²) in [5, 5.41) is 5.96. The molecular weight excluding hydrogens is 312 g/mol. The number of amides is 2. The van der Waals surface area contributed by atoms with Gasteiger partial charge in [-0.05, 0) is 30.2 Å². The lowest BCUT2D eigenvalue weighted by Gasteiger charge is -2.20. The van der Waals surface area contributed by atoms with Crippen molar-refractivity contribution < 1.29 is 9.21 Å². The molecule has 0 saturated heterocycles. The molecular formula is C21H22N2O2. The van der Waals surface area contributed by atoms with Gasteiger partial charge in [0.15, 0.2) is 0 Å². The number of hydrogen-bond acceptors (Lipinski definition) is 2. The van der Waals surface area contributed by atoms with Gasteiger partial charge in [0.05, 0.1) is 12.3 Å². The maximum Gasteiger partial charge on any atom is 0.315 e. The van der Waals surface area contributed by atoms with Crippen LogP contribution in [0.3, 0.4) is 0 Å². The van der Waals surface area contributed by atoms with Crippen LogP contribution in [0.1, 0.15) is 28.5 Å². The number of urea groups is 1. The van der Waals surface area contributed by atoms with Crippen molar-refractivity contribution in [3.05, 3.63) is 95.4 Å². The number of aryl methyl sites for hydroxylation is 1. The first-order valence-corrected chi connectivity index (χ1v) is 8.40. The maximum atomic E-state index is 12.3. The Hall–Kier alpha value is -3.01. The fourth-order valence-electron chi connectivity index (χ4n) is 2.70. The second-order valence-electron chi connectivity index (χ2n) is 5.98. The van der Waals surface area contributed by atoms with Gasteiger partial charge in [-0.3, -0.25) is 0 Å². The van der Waals surface area contributed by atoms with Crippen LogP contribution in [0.5, 0.6) is 0 Å². The Morgan fingerprint density at radius 1 is 0.960 bits per heavy atom. The summed E-state index contributed by atoms with van der Waals surface area (Å²) in [6.45, 7) is 2.57. The van der Waals surface area contributed by atoms with Crippen LogP contribution in [-0.4, -0.2) is 12.6 Å². The van der Waals surface area contributed by atoms with Gasteiger partial charge >= 0.3 is 6.03 Å². The van der Waals surface area contributed by atoms with E-state index in [0.29, 0.717) is 13.0 Å². The molecule has 1 atom stereocenters. The lowest BCUT2D eigenvalue weighted by atomic mass is 9.98. The molecule has 2 amide bonds. The molecule has 0 bridgehead atoms. The Bertz CT molecular complexity index is 781. The number of carbonyl (C=O) groups is 1. The molecule has 25 heavy (non-hydrogen) atoms. The Labute approximate surface area is 147 Å². The first kappa shape index (κ1) is 16.8. The summed E-state index contributed by atoms with van der Waals surface area (Å²) in [5.41, 5.74) is 3.30. The minimum atomic E-state index is -0.194. The minimum Gasteiger partial charge on any atom is -0.469 e. The minimum absolute atomic E-state index is 0.189. The van der Waals surface area contributed by atoms with Crippen LogP contribution in [-0.2, 0) is 6.42 Å². The van der Waals surface area contributed by atoms with Crippen LogP contribution in [0.15, 0.2) is 77.4 Å². The van der Waals surface area contributed by atoms with Crippen molar-refractivity contribution in [1.29, 1.82) is 0 Å². The van der Waals surface area contributed by atoms with Crippen molar-refractivity contribution in [3.8, 4) is 0 Å². The third-order valence-electron chi connectivity index (χ3n) is 4.06. The zero-order valence-electron chi connectivity index (χ0n) is 14.2. The van der Waals surface area contributed by atoms with E-state index in [9.17, 15) is 4.79 Å². The highest BCUT2D eigenvalue weighted by atomic mass is 16.3. The topological polar surface area (TPSA) is 54.3 Å². The van der Waals surface area contributed by atoms with Gasteiger partial charge in [-0.2, -0.15) is 0 Å². The fraction of sp³-hybridized carbons (Fsp3) is 0.190. The number of rotatable bonds is 6. The molecule has 128 valence electrons. The number of carbonyl (C=O) groups excluding carboxylic acids is 1. The second kappa shape index (κ2) is 8.20. The summed E-state index contributed by atoms with van der Waals surface area (Å²) in [6, 6.07) is 21.6. The average molecular weight is 334 g/mol. The molecule has 2 aromatic carbocycles. The van der Waals surface area contributed by atoms with Gasteiger partial charge in [0.1, 0.15) is 5.76 Å². The zero-order chi connectivity index (χ0) is 17.5. The number of benzene rings is 2. The number of furan rings is 1. The summed E-state index contributed by atoms with van der Waals surface area (Å²) in [4.78, 5) is 12.3. The molecule has 3 aromatic rings. The second-order valence-corrected chi connectivity index (χ2v) is 5.98. The van der Waals surface area contributed by atoms with Crippen molar-refractivity contribution in [2.45, 2.75) is 19.4 Å². The summed E-state index contributed by atoms with van der Waals surface area (Å²) >= 11 is 0. The highest BCUT2D eigenvalue weighted by Gasteiger charge is 2.16. The smallest absolute Gasteiger partial charge is 0.315 e. The van der Waals surface area contributed by atoms with Crippen LogP contribution in [0, 0.1) is 6.92 Å². The first-order chi connectivity index (χ1) is 12.2. The lowest BCUT2D eigenvalue weighted by molar-refractivity contribution is 0.238. The quantitative estimate of drug-likeness (QED) is 0.709. The molecule has 1 aromatic heterocycles. The summed E-state index contributed by atoms with van der Waals surface area (Å²) in [6.07, 6.45) is 2.30. The van der Waals surface area contributed by atoms with Gasteiger partial charge in [-0.15, -0.1) is 0 Å². The SMILES string of the molecule is Cc1ccc(C(NC(=O)NCCc2ccco2)c2ccccc2)cc1. The molecule has 0 saturated carbocycles. The van der Waals surface area contributed by atoms with E-state index in [1.54, 1.807) is 6.26 Å². The number of nitrogens with one attached hydrogen (secondary N) is 2. The van der Waals surface area contributed by atoms with E-state index in [1.807, 2.05) is 42.5 Å². The van der Waals surface area contributed by atoms with E-state index in [1.165, 1.54) is 5.56 Å². The molecule has 1 heterocycles. The Kier molecular flexibility index (Phi) is 5.52. The third kappa shape index (κ3) is 4.73. The van der Waals surface area contributed by atoms with Gasteiger partial charge in [-0.1, -0.05) is 60.2 Å². The van der Waals surface area contributed by atoms with Gasteiger partial charge in [-0.25, -0.2) is 4.79 Å². The predicted molar refractivity (Wildman–Crippen MR) is 98.4 cm³/mol. The molecule has 4 heteroatoms. The van der Waals surface area contributed by atoms with Crippen molar-refractivity contribution in [3.63, 3.8) is 0 Å². The molecule has 3 rings (SSSR count). The van der Waals surface area contributed by atoms with E-state index < -0.39 is 0 Å². The Morgan fingerprint density at radius 2 is 1.68 bits per heavy atom. The van der Waals surface area contributed by atoms with Crippen LogP contribution < -0.4 is 10.6 Å². The summed E-state index contributed by atoms with van der Waals surface area (Å²) in [5.74, 6) is 0.860. The standard InChI is InChI=1S/C21H22N2O2/c1-16-9-11-18(12-10-16)20(17-6-3-2-4-7-17)23-21(24)22-14-13-19-8-5-15-25-19/h2-12,15,20H,13-14H2,1H3,(H2,22,23,24). The highest BCUT2D eigenvalue weighted by Crippen LogP contribution is 2.22. The van der Waals surface area contributed by atoms with Crippen LogP contribution in [0.4, 0.5) is 4.79 Å². The van der Waals surface area contributed by atoms with Crippen LogP contribution in [0.2, 0.25) is 0 Å². The van der Waals surface area contributed by atoms with E-state index >= 15 is 0 Å². The van der Waals surface area contributed by atoms with Gasteiger partial charge in [0.2, 0.25) is 0 Å². The lowest BCUT2D eigenvalue weighted by Crippen LogP contribution is -2.39. The van der Waals surface area contributed by atoms with Crippen molar-refractivity contribution in [1.82, 2.24) is 10.6 Å². The fourth-order valence-corrected chi connectivity index (χ4v) is 2.70. The number of hydrogen-bond donors (Lipinski definition) is 2. The van der Waals surface area contributed by atoms with Gasteiger partial charge < -0.3 is 15.1 Å². The molecule has 4 nitrogen and oxygen atoms in total. The molecule has 0 aliphatic heterocycles. The van der Waals surface area contributed by atoms with E-state index in [2.05, 4.69) is 41.8 Å². The predicted octanol–water partition coefficient (Wildman–Crippen LogP) is 4.22. The molecule has 0 fully saturated rings. The Balaban J connectivity index is 1.67. The van der Waals surface area contributed by atoms with Crippen molar-refractivity contribution >= 4 is 6.03 Å². The monoisotopic (exact) mass is 334 g/mol. The largest absolute Gasteiger partial charge is 0.469 e. The van der Waals surface area contributed by atoms with Gasteiger partial charge in [0.25, 0.3) is 0 Å². The van der Waals surface area contributed by atoms with E-state index in [-0.39, 0.29) is 12.1 Å². The Morgan fingerprint density at radius 3 is 2.36 bits per heavy atom. The zero-order valence-corrected chi connectivity index (χ0v) is 14.2. The normalized spacial score (nSPS) is 11.7. The molecule has 0 aliphatic rings. The maximum absolute atomic E-state index is 12.3. The molecule has 0 aliphatic carbocycles. The molecule has 2 N–H and O–H groups in total. The summed E-state index contributed by atoms with van der Waals surface area (Å²) < 4.78 is 5.27. The molecule has 0 radical (unpaired) electrons. The van der Waals surface area contributed by atoms with Crippen LogP contribution >= 0.6 is 0 Å². The highest BCUT2D eigenvalue weighted by molar-refractivity contribution is 5.75. The van der Waals surface area contributed by atoms with Crippen molar-refractivity contribution in [2.24, 2.45) is 0 Å². The first-order valence-electron chi connectivity index (χ1n) is 8.40. The summed E-state index contributed by atoms with van der Waals surface area (Å²) in [7, 11) is 0. The van der Waals surface area contributed by atoms with Crippen LogP contribution in [0.25, 0.3) is 0 Å². The molecule has 1 unspecified atom stereocenters. The van der Waals surface area contributed by atoms with Gasteiger partial charge in [0, 0.05) is 13.0 Å².